The molecule has 128 valence electrons. The van der Waals surface area contributed by atoms with Crippen molar-refractivity contribution in [1.82, 2.24) is 9.97 Å². The van der Waals surface area contributed by atoms with Gasteiger partial charge in [0.2, 0.25) is 0 Å². The number of hydrogen-bond donors (Lipinski definition) is 0. The van der Waals surface area contributed by atoms with Crippen LogP contribution >= 0.6 is 0 Å². The van der Waals surface area contributed by atoms with E-state index in [1.54, 1.807) is 24.5 Å². The summed E-state index contributed by atoms with van der Waals surface area (Å²) in [4.78, 5) is 20.6. The van der Waals surface area contributed by atoms with Crippen LogP contribution in [0, 0.1) is 0 Å². The lowest BCUT2D eigenvalue weighted by molar-refractivity contribution is -0.134. The molecule has 0 amide bonds. The lowest BCUT2D eigenvalue weighted by Crippen LogP contribution is -2.07. The highest BCUT2D eigenvalue weighted by atomic mass is 16.5. The molecule has 0 bridgehead atoms. The van der Waals surface area contributed by atoms with Gasteiger partial charge in [-0.3, -0.25) is 14.8 Å². The van der Waals surface area contributed by atoms with Gasteiger partial charge in [-0.1, -0.05) is 39.5 Å². The van der Waals surface area contributed by atoms with Gasteiger partial charge in [-0.25, -0.2) is 0 Å². The van der Waals surface area contributed by atoms with E-state index in [0.29, 0.717) is 12.2 Å². The Morgan fingerprint density at radius 3 is 2.33 bits per heavy atom. The number of ether oxygens (including phenoxy) is 1. The van der Waals surface area contributed by atoms with E-state index < -0.39 is 0 Å². The van der Waals surface area contributed by atoms with Gasteiger partial charge in [0.25, 0.3) is 0 Å². The summed E-state index contributed by atoms with van der Waals surface area (Å²) in [6.07, 6.45) is 10.6. The summed E-state index contributed by atoms with van der Waals surface area (Å²) in [5, 5.41) is 0. The zero-order valence-electron chi connectivity index (χ0n) is 14.6. The Balaban J connectivity index is 1.83. The van der Waals surface area contributed by atoms with E-state index in [2.05, 4.69) is 23.8 Å². The number of nitrogens with zero attached hydrogens (tertiary/aromatic N) is 2. The molecule has 0 aliphatic carbocycles. The summed E-state index contributed by atoms with van der Waals surface area (Å²) < 4.78 is 5.37. The first-order chi connectivity index (χ1) is 11.7. The molecular formula is C20H26N2O2. The van der Waals surface area contributed by atoms with Gasteiger partial charge in [-0.05, 0) is 37.1 Å². The molecule has 0 saturated carbocycles. The number of esters is 1. The average Bonchev–Trinajstić information content (AvgIpc) is 2.62. The third kappa shape index (κ3) is 5.76. The number of aromatic nitrogens is 2. The molecule has 1 heterocycles. The minimum Gasteiger partial charge on any atom is -0.427 e. The van der Waals surface area contributed by atoms with Gasteiger partial charge in [0.1, 0.15) is 5.75 Å². The topological polar surface area (TPSA) is 52.1 Å². The number of carbonyl (C=O) groups is 1. The first kappa shape index (κ1) is 18.1. The molecule has 0 N–H and O–H groups in total. The van der Waals surface area contributed by atoms with Gasteiger partial charge < -0.3 is 4.74 Å². The zero-order valence-corrected chi connectivity index (χ0v) is 14.6. The maximum atomic E-state index is 11.8. The molecule has 0 aliphatic heterocycles. The van der Waals surface area contributed by atoms with Gasteiger partial charge in [0, 0.05) is 18.2 Å². The first-order valence-electron chi connectivity index (χ1n) is 8.85. The average molecular weight is 326 g/mol. The summed E-state index contributed by atoms with van der Waals surface area (Å²) in [5.74, 6) is 0.418. The molecule has 1 aromatic heterocycles. The first-order valence-corrected chi connectivity index (χ1v) is 8.85. The van der Waals surface area contributed by atoms with Crippen LogP contribution in [0.5, 0.6) is 5.75 Å². The number of unbranched alkanes of at least 4 members (excludes halogenated alkanes) is 4. The number of rotatable bonds is 9. The molecule has 0 fully saturated rings. The number of carbonyl (C=O) groups excluding carboxylic acids is 1. The fourth-order valence-corrected chi connectivity index (χ4v) is 2.44. The van der Waals surface area contributed by atoms with Gasteiger partial charge in [0.05, 0.1) is 17.6 Å². The molecule has 0 unspecified atom stereocenters. The quantitative estimate of drug-likeness (QED) is 0.371. The van der Waals surface area contributed by atoms with Crippen LogP contribution in [0.25, 0.3) is 11.3 Å². The summed E-state index contributed by atoms with van der Waals surface area (Å²) in [6, 6.07) is 7.42. The molecule has 0 saturated heterocycles. The van der Waals surface area contributed by atoms with Crippen LogP contribution in [0.1, 0.15) is 58.1 Å². The third-order valence-electron chi connectivity index (χ3n) is 3.93. The third-order valence-corrected chi connectivity index (χ3v) is 3.93. The molecule has 4 nitrogen and oxygen atoms in total. The van der Waals surface area contributed by atoms with Crippen LogP contribution in [-0.4, -0.2) is 15.9 Å². The highest BCUT2D eigenvalue weighted by Crippen LogP contribution is 2.20. The highest BCUT2D eigenvalue weighted by Gasteiger charge is 2.06. The summed E-state index contributed by atoms with van der Waals surface area (Å²) in [5.41, 5.74) is 2.76. The largest absolute Gasteiger partial charge is 0.427 e. The summed E-state index contributed by atoms with van der Waals surface area (Å²) in [6.45, 7) is 4.23. The van der Waals surface area contributed by atoms with Crippen molar-refractivity contribution in [3.63, 3.8) is 0 Å². The van der Waals surface area contributed by atoms with E-state index in [1.807, 2.05) is 12.1 Å². The molecule has 24 heavy (non-hydrogen) atoms. The molecule has 4 heteroatoms. The predicted octanol–water partition coefficient (Wildman–Crippen LogP) is 4.97. The van der Waals surface area contributed by atoms with Gasteiger partial charge >= 0.3 is 5.97 Å². The molecule has 2 rings (SSSR count). The van der Waals surface area contributed by atoms with Crippen molar-refractivity contribution in [2.45, 2.75) is 58.8 Å². The van der Waals surface area contributed by atoms with Crippen molar-refractivity contribution in [2.75, 3.05) is 0 Å². The molecule has 0 aliphatic rings. The molecular weight excluding hydrogens is 300 g/mol. The second-order valence-electron chi connectivity index (χ2n) is 5.91. The Morgan fingerprint density at radius 1 is 0.958 bits per heavy atom. The van der Waals surface area contributed by atoms with Crippen LogP contribution in [-0.2, 0) is 11.2 Å². The molecule has 0 atom stereocenters. The number of hydrogen-bond acceptors (Lipinski definition) is 4. The molecule has 0 radical (unpaired) electrons. The Bertz CT molecular complexity index is 621. The van der Waals surface area contributed by atoms with Crippen molar-refractivity contribution < 1.29 is 9.53 Å². The molecule has 2 aromatic rings. The fourth-order valence-electron chi connectivity index (χ4n) is 2.44. The highest BCUT2D eigenvalue weighted by molar-refractivity contribution is 5.72. The van der Waals surface area contributed by atoms with Crippen LogP contribution in [0.3, 0.4) is 0 Å². The van der Waals surface area contributed by atoms with Gasteiger partial charge in [0.15, 0.2) is 0 Å². The minimum atomic E-state index is -0.161. The number of benzene rings is 1. The zero-order chi connectivity index (χ0) is 17.2. The summed E-state index contributed by atoms with van der Waals surface area (Å²) in [7, 11) is 0. The maximum Gasteiger partial charge on any atom is 0.311 e. The predicted molar refractivity (Wildman–Crippen MR) is 95.9 cm³/mol. The second-order valence-corrected chi connectivity index (χ2v) is 5.91. The van der Waals surface area contributed by atoms with Crippen LogP contribution in [0.15, 0.2) is 36.7 Å². The Labute approximate surface area is 144 Å². The van der Waals surface area contributed by atoms with Crippen LogP contribution < -0.4 is 4.74 Å². The van der Waals surface area contributed by atoms with Crippen molar-refractivity contribution in [1.29, 1.82) is 0 Å². The van der Waals surface area contributed by atoms with E-state index >= 15 is 0 Å². The standard InChI is InChI=1S/C20H26N2O2/c1-3-5-6-7-8-9-20(23)24-18-12-10-16(11-13-18)19-15-21-17(4-2)14-22-19/h10-15H,3-9H2,1-2H3. The van der Waals surface area contributed by atoms with Crippen molar-refractivity contribution >= 4 is 5.97 Å². The SMILES string of the molecule is CCCCCCCC(=O)Oc1ccc(-c2cnc(CC)cn2)cc1. The van der Waals surface area contributed by atoms with Crippen molar-refractivity contribution in [3.05, 3.63) is 42.4 Å². The maximum absolute atomic E-state index is 11.8. The molecule has 0 spiro atoms. The normalized spacial score (nSPS) is 10.6. The molecule has 1 aromatic carbocycles. The Kier molecular flexibility index (Phi) is 7.40. The summed E-state index contributed by atoms with van der Waals surface area (Å²) >= 11 is 0. The fraction of sp³-hybridized carbons (Fsp3) is 0.450. The van der Waals surface area contributed by atoms with Gasteiger partial charge in [-0.2, -0.15) is 0 Å². The number of aryl methyl sites for hydroxylation is 1. The van der Waals surface area contributed by atoms with Crippen LogP contribution in [0.2, 0.25) is 0 Å². The van der Waals surface area contributed by atoms with Crippen molar-refractivity contribution in [3.8, 4) is 17.0 Å². The Morgan fingerprint density at radius 2 is 1.71 bits per heavy atom. The van der Waals surface area contributed by atoms with Crippen molar-refractivity contribution in [2.24, 2.45) is 0 Å². The Hall–Kier alpha value is -2.23. The van der Waals surface area contributed by atoms with E-state index in [0.717, 1.165) is 36.2 Å². The monoisotopic (exact) mass is 326 g/mol. The van der Waals surface area contributed by atoms with Crippen LogP contribution in [0.4, 0.5) is 0 Å². The lowest BCUT2D eigenvalue weighted by Gasteiger charge is -2.06. The van der Waals surface area contributed by atoms with E-state index in [9.17, 15) is 4.79 Å². The minimum absolute atomic E-state index is 0.161. The van der Waals surface area contributed by atoms with E-state index in [4.69, 9.17) is 4.74 Å². The lowest BCUT2D eigenvalue weighted by atomic mass is 10.1. The van der Waals surface area contributed by atoms with Gasteiger partial charge in [-0.15, -0.1) is 0 Å². The second kappa shape index (κ2) is 9.81. The van der Waals surface area contributed by atoms with E-state index in [1.165, 1.54) is 19.3 Å². The van der Waals surface area contributed by atoms with E-state index in [-0.39, 0.29) is 5.97 Å². The smallest absolute Gasteiger partial charge is 0.311 e.